The monoisotopic (exact) mass is 382 g/mol. The second kappa shape index (κ2) is 7.22. The molecule has 6 heteroatoms. The maximum absolute atomic E-state index is 13.5. The summed E-state index contributed by atoms with van der Waals surface area (Å²) in [4.78, 5) is 33.1. The van der Waals surface area contributed by atoms with Gasteiger partial charge >= 0.3 is 0 Å². The van der Waals surface area contributed by atoms with Crippen LogP contribution in [0.4, 0.5) is 0 Å². The topological polar surface area (TPSA) is 67.2 Å². The molecule has 2 amide bonds. The zero-order valence-electron chi connectivity index (χ0n) is 17.1. The van der Waals surface area contributed by atoms with E-state index in [0.29, 0.717) is 24.8 Å². The Kier molecular flexibility index (Phi) is 4.89. The number of nitrogens with zero attached hydrogens (tertiary/aromatic N) is 3. The second-order valence-electron chi connectivity index (χ2n) is 8.58. The van der Waals surface area contributed by atoms with Gasteiger partial charge in [-0.15, -0.1) is 0 Å². The summed E-state index contributed by atoms with van der Waals surface area (Å²) >= 11 is 0. The fourth-order valence-corrected chi connectivity index (χ4v) is 4.76. The molecule has 2 heterocycles. The van der Waals surface area contributed by atoms with Gasteiger partial charge in [-0.1, -0.05) is 38.8 Å². The normalized spacial score (nSPS) is 27.7. The smallest absolute Gasteiger partial charge is 0.290 e. The lowest BCUT2D eigenvalue weighted by molar-refractivity contribution is -0.134. The Morgan fingerprint density at radius 2 is 2.04 bits per heavy atom. The van der Waals surface area contributed by atoms with Crippen molar-refractivity contribution in [1.29, 1.82) is 0 Å². The van der Waals surface area contributed by atoms with E-state index in [1.165, 1.54) is 6.42 Å². The van der Waals surface area contributed by atoms with E-state index in [9.17, 15) is 9.59 Å². The Morgan fingerprint density at radius 1 is 1.29 bits per heavy atom. The van der Waals surface area contributed by atoms with Gasteiger partial charge in [0.05, 0.1) is 17.6 Å². The van der Waals surface area contributed by atoms with Gasteiger partial charge in [-0.25, -0.2) is 4.98 Å². The molecule has 2 aromatic rings. The molecule has 1 saturated carbocycles. The molecule has 0 unspecified atom stereocenters. The van der Waals surface area contributed by atoms with Gasteiger partial charge in [-0.05, 0) is 44.2 Å². The molecule has 1 aliphatic carbocycles. The van der Waals surface area contributed by atoms with E-state index in [4.69, 9.17) is 0 Å². The standard InChI is InChI=1S/C22H30N4O2/c1-4-13-26-20(27)19-23-17-11-7-8-12-18(17)25(19)14-22(26,3)21(28)24-16-10-6-5-9-15(16)2/h7-8,11-12,15-16H,4-6,9-10,13-14H2,1-3H3,(H,24,28)/t15-,16+,22+/m0/s1. The largest absolute Gasteiger partial charge is 0.351 e. The van der Waals surface area contributed by atoms with Crippen LogP contribution in [0.3, 0.4) is 0 Å². The van der Waals surface area contributed by atoms with Crippen molar-refractivity contribution in [2.45, 2.75) is 71.0 Å². The van der Waals surface area contributed by atoms with Crippen LogP contribution in [0, 0.1) is 5.92 Å². The third-order valence-corrected chi connectivity index (χ3v) is 6.52. The lowest BCUT2D eigenvalue weighted by Crippen LogP contribution is -2.65. The quantitative estimate of drug-likeness (QED) is 0.882. The third-order valence-electron chi connectivity index (χ3n) is 6.52. The maximum atomic E-state index is 13.5. The first kappa shape index (κ1) is 19.0. The van der Waals surface area contributed by atoms with Gasteiger partial charge in [0.1, 0.15) is 5.54 Å². The van der Waals surface area contributed by atoms with Crippen molar-refractivity contribution in [3.05, 3.63) is 30.1 Å². The predicted octanol–water partition coefficient (Wildman–Crippen LogP) is 3.36. The van der Waals surface area contributed by atoms with E-state index in [0.717, 1.165) is 36.7 Å². The van der Waals surface area contributed by atoms with Crippen LogP contribution in [0.5, 0.6) is 0 Å². The molecule has 0 bridgehead atoms. The highest BCUT2D eigenvalue weighted by Crippen LogP contribution is 2.32. The molecule has 0 radical (unpaired) electrons. The number of benzene rings is 1. The number of rotatable bonds is 4. The lowest BCUT2D eigenvalue weighted by atomic mass is 9.85. The van der Waals surface area contributed by atoms with Gasteiger partial charge in [0.2, 0.25) is 5.91 Å². The molecule has 1 aromatic carbocycles. The van der Waals surface area contributed by atoms with E-state index >= 15 is 0 Å². The van der Waals surface area contributed by atoms with Crippen molar-refractivity contribution in [3.63, 3.8) is 0 Å². The zero-order valence-corrected chi connectivity index (χ0v) is 17.1. The lowest BCUT2D eigenvalue weighted by Gasteiger charge is -2.44. The first-order chi connectivity index (χ1) is 13.5. The van der Waals surface area contributed by atoms with Crippen LogP contribution >= 0.6 is 0 Å². The van der Waals surface area contributed by atoms with Crippen molar-refractivity contribution < 1.29 is 9.59 Å². The Morgan fingerprint density at radius 3 is 2.79 bits per heavy atom. The minimum atomic E-state index is -0.916. The number of hydrogen-bond donors (Lipinski definition) is 1. The Bertz CT molecular complexity index is 905. The van der Waals surface area contributed by atoms with Gasteiger partial charge in [0.15, 0.2) is 5.82 Å². The van der Waals surface area contributed by atoms with Gasteiger partial charge in [0, 0.05) is 12.6 Å². The molecule has 1 fully saturated rings. The number of aromatic nitrogens is 2. The van der Waals surface area contributed by atoms with Crippen LogP contribution in [-0.4, -0.2) is 44.4 Å². The molecule has 1 N–H and O–H groups in total. The number of carbonyl (C=O) groups is 2. The van der Waals surface area contributed by atoms with Crippen LogP contribution in [0.1, 0.15) is 63.5 Å². The van der Waals surface area contributed by atoms with Crippen LogP contribution in [-0.2, 0) is 11.3 Å². The third kappa shape index (κ3) is 2.99. The second-order valence-corrected chi connectivity index (χ2v) is 8.58. The fourth-order valence-electron chi connectivity index (χ4n) is 4.76. The van der Waals surface area contributed by atoms with E-state index in [1.807, 2.05) is 42.7 Å². The number of hydrogen-bond acceptors (Lipinski definition) is 3. The molecular formula is C22H30N4O2. The molecule has 4 rings (SSSR count). The zero-order chi connectivity index (χ0) is 19.9. The number of fused-ring (bicyclic) bond motifs is 3. The minimum absolute atomic E-state index is 0.0449. The Hall–Kier alpha value is -2.37. The van der Waals surface area contributed by atoms with Crippen molar-refractivity contribution in [3.8, 4) is 0 Å². The summed E-state index contributed by atoms with van der Waals surface area (Å²) in [5, 5.41) is 3.29. The molecule has 0 saturated heterocycles. The summed E-state index contributed by atoms with van der Waals surface area (Å²) in [5.74, 6) is 0.714. The highest BCUT2D eigenvalue weighted by atomic mass is 16.2. The number of carbonyl (C=O) groups excluding carboxylic acids is 2. The summed E-state index contributed by atoms with van der Waals surface area (Å²) in [6.07, 6.45) is 5.35. The summed E-state index contributed by atoms with van der Waals surface area (Å²) in [5.41, 5.74) is 0.792. The van der Waals surface area contributed by atoms with E-state index in [-0.39, 0.29) is 17.9 Å². The maximum Gasteiger partial charge on any atom is 0.290 e. The summed E-state index contributed by atoms with van der Waals surface area (Å²) in [6, 6.07) is 7.94. The molecule has 1 aliphatic heterocycles. The molecule has 28 heavy (non-hydrogen) atoms. The molecular weight excluding hydrogens is 352 g/mol. The summed E-state index contributed by atoms with van der Waals surface area (Å²) < 4.78 is 1.92. The van der Waals surface area contributed by atoms with Crippen molar-refractivity contribution in [1.82, 2.24) is 19.8 Å². The van der Waals surface area contributed by atoms with E-state index in [1.54, 1.807) is 4.90 Å². The minimum Gasteiger partial charge on any atom is -0.351 e. The van der Waals surface area contributed by atoms with Gasteiger partial charge in [-0.2, -0.15) is 0 Å². The average Bonchev–Trinajstić information content (AvgIpc) is 3.05. The molecule has 2 aliphatic rings. The molecule has 0 spiro atoms. The summed E-state index contributed by atoms with van der Waals surface area (Å²) in [7, 11) is 0. The van der Waals surface area contributed by atoms with Crippen LogP contribution < -0.4 is 5.32 Å². The predicted molar refractivity (Wildman–Crippen MR) is 109 cm³/mol. The highest BCUT2D eigenvalue weighted by Gasteiger charge is 2.48. The van der Waals surface area contributed by atoms with Crippen molar-refractivity contribution >= 4 is 22.8 Å². The summed E-state index contributed by atoms with van der Waals surface area (Å²) in [6.45, 7) is 7.13. The highest BCUT2D eigenvalue weighted by molar-refractivity contribution is 6.01. The van der Waals surface area contributed by atoms with Crippen LogP contribution in [0.2, 0.25) is 0 Å². The van der Waals surface area contributed by atoms with Crippen molar-refractivity contribution in [2.24, 2.45) is 5.92 Å². The number of nitrogens with one attached hydrogen (secondary N) is 1. The van der Waals surface area contributed by atoms with Crippen LogP contribution in [0.25, 0.3) is 11.0 Å². The first-order valence-electron chi connectivity index (χ1n) is 10.5. The first-order valence-corrected chi connectivity index (χ1v) is 10.5. The van der Waals surface area contributed by atoms with Crippen LogP contribution in [0.15, 0.2) is 24.3 Å². The molecule has 6 nitrogen and oxygen atoms in total. The van der Waals surface area contributed by atoms with Crippen molar-refractivity contribution in [2.75, 3.05) is 6.54 Å². The Balaban J connectivity index is 1.71. The average molecular weight is 383 g/mol. The van der Waals surface area contributed by atoms with E-state index in [2.05, 4.69) is 17.2 Å². The van der Waals surface area contributed by atoms with E-state index < -0.39 is 5.54 Å². The SMILES string of the molecule is CCCN1C(=O)c2nc3ccccc3n2C[C@]1(C)C(=O)N[C@@H]1CCCC[C@@H]1C. The van der Waals surface area contributed by atoms with Gasteiger partial charge in [-0.3, -0.25) is 9.59 Å². The van der Waals surface area contributed by atoms with Gasteiger partial charge < -0.3 is 14.8 Å². The number of imidazole rings is 1. The fraction of sp³-hybridized carbons (Fsp3) is 0.591. The molecule has 150 valence electrons. The molecule has 1 aromatic heterocycles. The molecule has 3 atom stereocenters. The number of amides is 2. The Labute approximate surface area is 166 Å². The number of para-hydroxylation sites is 2. The van der Waals surface area contributed by atoms with Gasteiger partial charge in [0.25, 0.3) is 5.91 Å².